The van der Waals surface area contributed by atoms with Crippen molar-refractivity contribution in [2.24, 2.45) is 0 Å². The molecule has 4 heterocycles. The number of piperidine rings is 1. The van der Waals surface area contributed by atoms with Gasteiger partial charge in [0.15, 0.2) is 0 Å². The minimum Gasteiger partial charge on any atom is -0.481 e. The van der Waals surface area contributed by atoms with E-state index < -0.39 is 5.97 Å². The van der Waals surface area contributed by atoms with Crippen molar-refractivity contribution in [2.45, 2.75) is 51.3 Å². The van der Waals surface area contributed by atoms with Crippen LogP contribution in [0.4, 0.5) is 11.8 Å². The highest BCUT2D eigenvalue weighted by molar-refractivity contribution is 5.66. The third kappa shape index (κ3) is 4.24. The Labute approximate surface area is 163 Å². The highest BCUT2D eigenvalue weighted by atomic mass is 16.4. The molecule has 2 N–H and O–H groups in total. The van der Waals surface area contributed by atoms with Crippen molar-refractivity contribution in [1.29, 1.82) is 0 Å². The van der Waals surface area contributed by atoms with Crippen LogP contribution in [0, 0.1) is 0 Å². The fraction of sp³-hybridized carbons (Fsp3) is 0.579. The predicted molar refractivity (Wildman–Crippen MR) is 103 cm³/mol. The van der Waals surface area contributed by atoms with Gasteiger partial charge in [-0.2, -0.15) is 10.1 Å². The highest BCUT2D eigenvalue weighted by Gasteiger charge is 2.22. The molecule has 2 aliphatic heterocycles. The van der Waals surface area contributed by atoms with E-state index in [9.17, 15) is 9.90 Å². The molecule has 1 fully saturated rings. The van der Waals surface area contributed by atoms with Gasteiger partial charge in [-0.05, 0) is 31.4 Å². The summed E-state index contributed by atoms with van der Waals surface area (Å²) in [6, 6.07) is 3.89. The van der Waals surface area contributed by atoms with Gasteiger partial charge in [0.1, 0.15) is 5.82 Å². The van der Waals surface area contributed by atoms with E-state index >= 15 is 0 Å². The highest BCUT2D eigenvalue weighted by Crippen LogP contribution is 2.23. The molecule has 28 heavy (non-hydrogen) atoms. The van der Waals surface area contributed by atoms with Gasteiger partial charge in [-0.25, -0.2) is 4.98 Å². The first-order valence-electron chi connectivity index (χ1n) is 9.87. The first-order chi connectivity index (χ1) is 13.6. The van der Waals surface area contributed by atoms with Gasteiger partial charge < -0.3 is 20.0 Å². The van der Waals surface area contributed by atoms with Gasteiger partial charge in [-0.3, -0.25) is 9.48 Å². The van der Waals surface area contributed by atoms with Crippen LogP contribution in [0.25, 0.3) is 0 Å². The number of anilines is 2. The van der Waals surface area contributed by atoms with Gasteiger partial charge in [-0.15, -0.1) is 0 Å². The Hall–Kier alpha value is -2.68. The molecule has 4 rings (SSSR count). The van der Waals surface area contributed by atoms with E-state index in [4.69, 9.17) is 10.1 Å². The number of β-amino-alcohol motifs (C(OH)–C–C–N with tert-alkyl or cyclic N) is 1. The molecule has 9 heteroatoms. The summed E-state index contributed by atoms with van der Waals surface area (Å²) in [5.41, 5.74) is 1.87. The van der Waals surface area contributed by atoms with Crippen molar-refractivity contribution >= 4 is 17.7 Å². The van der Waals surface area contributed by atoms with Crippen LogP contribution in [0.2, 0.25) is 0 Å². The molecule has 2 aromatic heterocycles. The van der Waals surface area contributed by atoms with E-state index in [1.54, 1.807) is 6.20 Å². The minimum atomic E-state index is -0.808. The monoisotopic (exact) mass is 386 g/mol. The van der Waals surface area contributed by atoms with E-state index in [-0.39, 0.29) is 12.5 Å². The van der Waals surface area contributed by atoms with Crippen molar-refractivity contribution in [2.75, 3.05) is 29.4 Å². The summed E-state index contributed by atoms with van der Waals surface area (Å²) >= 11 is 0. The lowest BCUT2D eigenvalue weighted by Crippen LogP contribution is -2.39. The van der Waals surface area contributed by atoms with Crippen molar-refractivity contribution in [3.05, 3.63) is 29.7 Å². The Morgan fingerprint density at radius 1 is 1.21 bits per heavy atom. The molecule has 0 radical (unpaired) electrons. The van der Waals surface area contributed by atoms with Gasteiger partial charge in [0.2, 0.25) is 5.95 Å². The van der Waals surface area contributed by atoms with Gasteiger partial charge >= 0.3 is 5.97 Å². The summed E-state index contributed by atoms with van der Waals surface area (Å²) < 4.78 is 1.97. The van der Waals surface area contributed by atoms with Gasteiger partial charge in [0, 0.05) is 38.8 Å². The van der Waals surface area contributed by atoms with Crippen molar-refractivity contribution in [3.8, 4) is 0 Å². The Bertz CT molecular complexity index is 839. The molecule has 0 bridgehead atoms. The van der Waals surface area contributed by atoms with Crippen molar-refractivity contribution in [1.82, 2.24) is 19.7 Å². The average Bonchev–Trinajstić information content (AvgIpc) is 2.96. The number of aryl methyl sites for hydroxylation is 2. The number of hydrogen-bond acceptors (Lipinski definition) is 7. The standard InChI is InChI=1S/C19H26N6O3/c26-16-3-1-8-23(13-16)17-6-7-20-19(21-17)24-9-2-10-25-15(12-24)11-14(22-25)4-5-18(27)28/h6-7,11,16,26H,1-5,8-10,12-13H2,(H,27,28). The van der Waals surface area contributed by atoms with Crippen LogP contribution in [-0.4, -0.2) is 61.7 Å². The van der Waals surface area contributed by atoms with Crippen LogP contribution >= 0.6 is 0 Å². The molecule has 2 aromatic rings. The van der Waals surface area contributed by atoms with Crippen LogP contribution in [0.5, 0.6) is 0 Å². The summed E-state index contributed by atoms with van der Waals surface area (Å²) in [5, 5.41) is 23.4. The van der Waals surface area contributed by atoms with Crippen molar-refractivity contribution in [3.63, 3.8) is 0 Å². The largest absolute Gasteiger partial charge is 0.481 e. The average molecular weight is 386 g/mol. The number of carbonyl (C=O) groups is 1. The number of fused-ring (bicyclic) bond motifs is 1. The smallest absolute Gasteiger partial charge is 0.303 e. The first-order valence-corrected chi connectivity index (χ1v) is 9.87. The summed E-state index contributed by atoms with van der Waals surface area (Å²) in [5.74, 6) is 0.723. The van der Waals surface area contributed by atoms with Crippen molar-refractivity contribution < 1.29 is 15.0 Å². The summed E-state index contributed by atoms with van der Waals surface area (Å²) in [7, 11) is 0. The molecule has 0 spiro atoms. The number of carboxylic acid groups (broad SMARTS) is 1. The Morgan fingerprint density at radius 2 is 2.07 bits per heavy atom. The SMILES string of the molecule is O=C(O)CCc1cc2n(n1)CCCN(c1nccc(N3CCCC(O)C3)n1)C2. The number of rotatable bonds is 5. The second kappa shape index (κ2) is 8.14. The molecule has 0 aromatic carbocycles. The maximum atomic E-state index is 10.8. The van der Waals surface area contributed by atoms with E-state index in [0.717, 1.165) is 56.1 Å². The molecule has 0 saturated carbocycles. The minimum absolute atomic E-state index is 0.0903. The van der Waals surface area contributed by atoms with Crippen LogP contribution in [0.1, 0.15) is 37.1 Å². The molecule has 9 nitrogen and oxygen atoms in total. The number of nitrogens with zero attached hydrogens (tertiary/aromatic N) is 6. The zero-order chi connectivity index (χ0) is 19.5. The maximum absolute atomic E-state index is 10.8. The maximum Gasteiger partial charge on any atom is 0.303 e. The van der Waals surface area contributed by atoms with E-state index in [0.29, 0.717) is 25.5 Å². The lowest BCUT2D eigenvalue weighted by atomic mass is 10.1. The third-order valence-corrected chi connectivity index (χ3v) is 5.29. The van der Waals surface area contributed by atoms with Crippen LogP contribution in [0.3, 0.4) is 0 Å². The summed E-state index contributed by atoms with van der Waals surface area (Å²) in [4.78, 5) is 24.3. The topological polar surface area (TPSA) is 108 Å². The Kier molecular flexibility index (Phi) is 5.43. The second-order valence-corrected chi connectivity index (χ2v) is 7.48. The van der Waals surface area contributed by atoms with Gasteiger partial charge in [0.25, 0.3) is 0 Å². The van der Waals surface area contributed by atoms with Gasteiger partial charge in [0.05, 0.1) is 30.5 Å². The summed E-state index contributed by atoms with van der Waals surface area (Å²) in [6.07, 6.45) is 4.73. The lowest BCUT2D eigenvalue weighted by molar-refractivity contribution is -0.136. The van der Waals surface area contributed by atoms with E-state index in [2.05, 4.69) is 19.9 Å². The van der Waals surface area contributed by atoms with Gasteiger partial charge in [-0.1, -0.05) is 0 Å². The number of aliphatic hydroxyl groups excluding tert-OH is 1. The normalized spacial score (nSPS) is 20.0. The van der Waals surface area contributed by atoms with E-state index in [1.807, 2.05) is 16.8 Å². The fourth-order valence-corrected chi connectivity index (χ4v) is 3.88. The summed E-state index contributed by atoms with van der Waals surface area (Å²) in [6.45, 7) is 3.78. The quantitative estimate of drug-likeness (QED) is 0.785. The Morgan fingerprint density at radius 3 is 2.89 bits per heavy atom. The lowest BCUT2D eigenvalue weighted by Gasteiger charge is -2.31. The molecule has 1 atom stereocenters. The molecular weight excluding hydrogens is 360 g/mol. The number of aliphatic carboxylic acids is 1. The fourth-order valence-electron chi connectivity index (χ4n) is 3.88. The zero-order valence-corrected chi connectivity index (χ0v) is 15.9. The molecule has 0 aliphatic carbocycles. The number of aromatic nitrogens is 4. The third-order valence-electron chi connectivity index (χ3n) is 5.29. The molecule has 2 aliphatic rings. The van der Waals surface area contributed by atoms with E-state index in [1.165, 1.54) is 0 Å². The molecule has 1 saturated heterocycles. The predicted octanol–water partition coefficient (Wildman–Crippen LogP) is 1.06. The number of aliphatic hydroxyl groups is 1. The van der Waals surface area contributed by atoms with Crippen LogP contribution in [0.15, 0.2) is 18.3 Å². The zero-order valence-electron chi connectivity index (χ0n) is 15.9. The molecular formula is C19H26N6O3. The molecule has 1 unspecified atom stereocenters. The molecule has 150 valence electrons. The van der Waals surface area contributed by atoms with Crippen LogP contribution < -0.4 is 9.80 Å². The molecule has 0 amide bonds. The Balaban J connectivity index is 1.50. The number of carboxylic acids is 1. The first kappa shape index (κ1) is 18.7. The number of hydrogen-bond donors (Lipinski definition) is 2. The van der Waals surface area contributed by atoms with Crippen LogP contribution in [-0.2, 0) is 24.3 Å². The second-order valence-electron chi connectivity index (χ2n) is 7.48.